The maximum atomic E-state index is 4.36. The van der Waals surface area contributed by atoms with Crippen LogP contribution in [0.25, 0.3) is 11.4 Å². The SMILES string of the molecule is C=CCn1c(Sc2nc(C)ns2)nnc1-c1ccc(C)cc1. The van der Waals surface area contributed by atoms with E-state index in [9.17, 15) is 0 Å². The van der Waals surface area contributed by atoms with E-state index in [2.05, 4.69) is 57.3 Å². The Kier molecular flexibility index (Phi) is 4.35. The van der Waals surface area contributed by atoms with Crippen LogP contribution in [0.5, 0.6) is 0 Å². The minimum absolute atomic E-state index is 0.649. The van der Waals surface area contributed by atoms with Gasteiger partial charge in [0.15, 0.2) is 15.3 Å². The van der Waals surface area contributed by atoms with Gasteiger partial charge in [-0.1, -0.05) is 35.9 Å². The minimum atomic E-state index is 0.649. The lowest BCUT2D eigenvalue weighted by Gasteiger charge is -2.06. The van der Waals surface area contributed by atoms with Crippen LogP contribution in [0.15, 0.2) is 46.4 Å². The smallest absolute Gasteiger partial charge is 0.198 e. The van der Waals surface area contributed by atoms with Gasteiger partial charge in [0, 0.05) is 12.1 Å². The molecule has 0 N–H and O–H groups in total. The molecule has 3 rings (SSSR count). The molecular weight excluding hydrogens is 314 g/mol. The highest BCUT2D eigenvalue weighted by Gasteiger charge is 2.15. The fourth-order valence-electron chi connectivity index (χ4n) is 1.97. The lowest BCUT2D eigenvalue weighted by atomic mass is 10.1. The zero-order valence-electron chi connectivity index (χ0n) is 12.4. The molecule has 22 heavy (non-hydrogen) atoms. The standard InChI is InChI=1S/C15H15N5S2/c1-4-9-20-13(12-7-5-10(2)6-8-12)17-18-14(20)21-15-16-11(3)19-22-15/h4-8H,1,9H2,2-3H3. The number of aromatic nitrogens is 5. The predicted octanol–water partition coefficient (Wildman–Crippen LogP) is 3.75. The number of aryl methyl sites for hydroxylation is 2. The highest BCUT2D eigenvalue weighted by atomic mass is 32.2. The topological polar surface area (TPSA) is 56.5 Å². The van der Waals surface area contributed by atoms with Gasteiger partial charge >= 0.3 is 0 Å². The van der Waals surface area contributed by atoms with Crippen LogP contribution in [0.3, 0.4) is 0 Å². The molecule has 5 nitrogen and oxygen atoms in total. The Balaban J connectivity index is 1.97. The molecule has 0 amide bonds. The number of hydrogen-bond acceptors (Lipinski definition) is 6. The Labute approximate surface area is 137 Å². The van der Waals surface area contributed by atoms with Crippen molar-refractivity contribution < 1.29 is 0 Å². The second-order valence-electron chi connectivity index (χ2n) is 4.78. The molecule has 1 aromatic carbocycles. The summed E-state index contributed by atoms with van der Waals surface area (Å²) in [7, 11) is 0. The summed E-state index contributed by atoms with van der Waals surface area (Å²) in [6, 6.07) is 8.26. The summed E-state index contributed by atoms with van der Waals surface area (Å²) >= 11 is 2.85. The molecule has 0 aliphatic rings. The molecule has 0 aliphatic carbocycles. The first-order valence-corrected chi connectivity index (χ1v) is 8.35. The normalized spacial score (nSPS) is 10.8. The molecule has 2 heterocycles. The summed E-state index contributed by atoms with van der Waals surface area (Å²) in [6.45, 7) is 8.42. The molecule has 2 aromatic heterocycles. The highest BCUT2D eigenvalue weighted by Crippen LogP contribution is 2.30. The monoisotopic (exact) mass is 329 g/mol. The molecule has 7 heteroatoms. The van der Waals surface area contributed by atoms with E-state index < -0.39 is 0 Å². The molecule has 0 spiro atoms. The first kappa shape index (κ1) is 14.9. The summed E-state index contributed by atoms with van der Waals surface area (Å²) in [5.41, 5.74) is 2.26. The molecule has 112 valence electrons. The molecule has 0 saturated heterocycles. The second-order valence-corrected chi connectivity index (χ2v) is 6.75. The van der Waals surface area contributed by atoms with E-state index >= 15 is 0 Å². The average molecular weight is 329 g/mol. The minimum Gasteiger partial charge on any atom is -0.298 e. The van der Waals surface area contributed by atoms with Gasteiger partial charge in [0.2, 0.25) is 0 Å². The van der Waals surface area contributed by atoms with Gasteiger partial charge in [-0.15, -0.1) is 16.8 Å². The largest absolute Gasteiger partial charge is 0.298 e. The number of rotatable bonds is 5. The van der Waals surface area contributed by atoms with E-state index in [0.717, 1.165) is 26.7 Å². The molecule has 0 fully saturated rings. The number of allylic oxidation sites excluding steroid dienone is 1. The Morgan fingerprint density at radius 3 is 2.64 bits per heavy atom. The van der Waals surface area contributed by atoms with Crippen LogP contribution in [-0.4, -0.2) is 24.1 Å². The number of nitrogens with zero attached hydrogens (tertiary/aromatic N) is 5. The lowest BCUT2D eigenvalue weighted by Crippen LogP contribution is -2.00. The lowest BCUT2D eigenvalue weighted by molar-refractivity contribution is 0.731. The van der Waals surface area contributed by atoms with Crippen LogP contribution in [0.1, 0.15) is 11.4 Å². The van der Waals surface area contributed by atoms with Gasteiger partial charge in [0.05, 0.1) is 0 Å². The van der Waals surface area contributed by atoms with Crippen LogP contribution < -0.4 is 0 Å². The zero-order chi connectivity index (χ0) is 15.5. The molecule has 0 atom stereocenters. The van der Waals surface area contributed by atoms with Crippen molar-refractivity contribution in [2.75, 3.05) is 0 Å². The van der Waals surface area contributed by atoms with Crippen LogP contribution >= 0.6 is 23.3 Å². The van der Waals surface area contributed by atoms with Crippen molar-refractivity contribution in [2.45, 2.75) is 29.9 Å². The van der Waals surface area contributed by atoms with Gasteiger partial charge in [-0.3, -0.25) is 4.57 Å². The van der Waals surface area contributed by atoms with E-state index in [0.29, 0.717) is 6.54 Å². The van der Waals surface area contributed by atoms with Crippen molar-refractivity contribution in [3.8, 4) is 11.4 Å². The Morgan fingerprint density at radius 2 is 2.00 bits per heavy atom. The van der Waals surface area contributed by atoms with E-state index in [-0.39, 0.29) is 0 Å². The van der Waals surface area contributed by atoms with Gasteiger partial charge < -0.3 is 0 Å². The maximum Gasteiger partial charge on any atom is 0.198 e. The van der Waals surface area contributed by atoms with Gasteiger partial charge in [0.1, 0.15) is 5.82 Å². The van der Waals surface area contributed by atoms with E-state index in [4.69, 9.17) is 0 Å². The fourth-order valence-corrected chi connectivity index (χ4v) is 3.57. The van der Waals surface area contributed by atoms with Crippen molar-refractivity contribution >= 4 is 23.3 Å². The molecule has 0 radical (unpaired) electrons. The summed E-state index contributed by atoms with van der Waals surface area (Å²) in [4.78, 5) is 4.36. The third-order valence-electron chi connectivity index (χ3n) is 3.03. The first-order chi connectivity index (χ1) is 10.7. The quantitative estimate of drug-likeness (QED) is 0.667. The highest BCUT2D eigenvalue weighted by molar-refractivity contribution is 8.00. The van der Waals surface area contributed by atoms with E-state index in [1.807, 2.05) is 17.6 Å². The molecule has 0 bridgehead atoms. The Bertz CT molecular complexity index is 789. The van der Waals surface area contributed by atoms with Gasteiger partial charge in [-0.2, -0.15) is 4.37 Å². The average Bonchev–Trinajstić information content (AvgIpc) is 3.08. The van der Waals surface area contributed by atoms with Crippen LogP contribution in [0, 0.1) is 13.8 Å². The van der Waals surface area contributed by atoms with Crippen LogP contribution in [-0.2, 0) is 6.54 Å². The maximum absolute atomic E-state index is 4.36. The third-order valence-corrected chi connectivity index (χ3v) is 4.85. The molecular formula is C15H15N5S2. The Hall–Kier alpha value is -1.99. The van der Waals surface area contributed by atoms with E-state index in [1.165, 1.54) is 28.9 Å². The number of benzene rings is 1. The van der Waals surface area contributed by atoms with Crippen molar-refractivity contribution in [1.29, 1.82) is 0 Å². The molecule has 3 aromatic rings. The second kappa shape index (κ2) is 6.41. The summed E-state index contributed by atoms with van der Waals surface area (Å²) < 4.78 is 7.10. The Morgan fingerprint density at radius 1 is 1.23 bits per heavy atom. The molecule has 0 unspecified atom stereocenters. The van der Waals surface area contributed by atoms with Crippen molar-refractivity contribution in [1.82, 2.24) is 24.1 Å². The van der Waals surface area contributed by atoms with Crippen LogP contribution in [0.4, 0.5) is 0 Å². The zero-order valence-corrected chi connectivity index (χ0v) is 14.0. The summed E-state index contributed by atoms with van der Waals surface area (Å²) in [5, 5.41) is 9.44. The van der Waals surface area contributed by atoms with Gasteiger partial charge in [-0.25, -0.2) is 4.98 Å². The molecule has 0 saturated carbocycles. The summed E-state index contributed by atoms with van der Waals surface area (Å²) in [6.07, 6.45) is 1.84. The fraction of sp³-hybridized carbons (Fsp3) is 0.200. The van der Waals surface area contributed by atoms with Crippen molar-refractivity contribution in [3.63, 3.8) is 0 Å². The van der Waals surface area contributed by atoms with E-state index in [1.54, 1.807) is 0 Å². The predicted molar refractivity (Wildman–Crippen MR) is 89.2 cm³/mol. The first-order valence-electron chi connectivity index (χ1n) is 6.76. The van der Waals surface area contributed by atoms with Crippen molar-refractivity contribution in [3.05, 3.63) is 48.3 Å². The third kappa shape index (κ3) is 3.10. The molecule has 0 aliphatic heterocycles. The van der Waals surface area contributed by atoms with Crippen molar-refractivity contribution in [2.24, 2.45) is 0 Å². The van der Waals surface area contributed by atoms with Crippen LogP contribution in [0.2, 0.25) is 0 Å². The van der Waals surface area contributed by atoms with Gasteiger partial charge in [-0.05, 0) is 37.1 Å². The van der Waals surface area contributed by atoms with Gasteiger partial charge in [0.25, 0.3) is 0 Å². The summed E-state index contributed by atoms with van der Waals surface area (Å²) in [5.74, 6) is 1.62. The number of hydrogen-bond donors (Lipinski definition) is 0.